The highest BCUT2D eigenvalue weighted by molar-refractivity contribution is 5.50. The number of aromatic nitrogens is 2. The van der Waals surface area contributed by atoms with Crippen LogP contribution in [0.1, 0.15) is 11.4 Å². The number of nitrogens with two attached hydrogens (primary N) is 1. The molecule has 2 rings (SSSR count). The molecule has 4 nitrogen and oxygen atoms in total. The van der Waals surface area contributed by atoms with Crippen molar-refractivity contribution in [2.75, 3.05) is 5.73 Å². The lowest BCUT2D eigenvalue weighted by atomic mass is 10.2. The minimum absolute atomic E-state index is 0.539. The molecule has 0 amide bonds. The highest BCUT2D eigenvalue weighted by Crippen LogP contribution is 2.23. The summed E-state index contributed by atoms with van der Waals surface area (Å²) in [7, 11) is 0. The van der Waals surface area contributed by atoms with Crippen molar-refractivity contribution in [3.05, 3.63) is 41.9 Å². The molecule has 2 N–H and O–H groups in total. The average molecular weight is 215 g/mol. The van der Waals surface area contributed by atoms with Gasteiger partial charge in [-0.3, -0.25) is 0 Å². The molecule has 0 unspecified atom stereocenters. The highest BCUT2D eigenvalue weighted by Gasteiger charge is 2.01. The number of hydrogen-bond donors (Lipinski definition) is 1. The molecule has 0 radical (unpaired) electrons. The van der Waals surface area contributed by atoms with Gasteiger partial charge in [0.15, 0.2) is 0 Å². The van der Waals surface area contributed by atoms with Crippen LogP contribution >= 0.6 is 0 Å². The molecule has 1 heterocycles. The quantitative estimate of drug-likeness (QED) is 0.782. The van der Waals surface area contributed by atoms with Crippen molar-refractivity contribution < 1.29 is 4.74 Å². The molecule has 0 aliphatic heterocycles. The normalized spacial score (nSPS) is 10.1. The standard InChI is InChI=1S/C12H13N3O/c1-8-7-10(3-4-11(8)13)16-12-5-6-14-9(2)15-12/h3-7H,13H2,1-2H3. The molecule has 2 aromatic rings. The molecular formula is C12H13N3O. The van der Waals surface area contributed by atoms with Crippen molar-refractivity contribution in [2.24, 2.45) is 0 Å². The van der Waals surface area contributed by atoms with Gasteiger partial charge in [-0.15, -0.1) is 0 Å². The molecule has 4 heteroatoms. The molecule has 16 heavy (non-hydrogen) atoms. The summed E-state index contributed by atoms with van der Waals surface area (Å²) in [4.78, 5) is 8.16. The van der Waals surface area contributed by atoms with E-state index in [2.05, 4.69) is 9.97 Å². The van der Waals surface area contributed by atoms with E-state index in [1.807, 2.05) is 32.0 Å². The molecule has 1 aromatic carbocycles. The SMILES string of the molecule is Cc1nccc(Oc2ccc(N)c(C)c2)n1. The number of anilines is 1. The number of benzene rings is 1. The van der Waals surface area contributed by atoms with Gasteiger partial charge in [-0.2, -0.15) is 4.98 Å². The van der Waals surface area contributed by atoms with Gasteiger partial charge in [-0.05, 0) is 37.6 Å². The number of rotatable bonds is 2. The Morgan fingerprint density at radius 3 is 2.69 bits per heavy atom. The molecule has 0 aliphatic rings. The van der Waals surface area contributed by atoms with E-state index in [1.165, 1.54) is 0 Å². The van der Waals surface area contributed by atoms with Crippen molar-refractivity contribution in [1.82, 2.24) is 9.97 Å². The third-order valence-corrected chi connectivity index (χ3v) is 2.21. The summed E-state index contributed by atoms with van der Waals surface area (Å²) in [5, 5.41) is 0. The number of ether oxygens (including phenoxy) is 1. The Kier molecular flexibility index (Phi) is 2.72. The Hall–Kier alpha value is -2.10. The molecule has 0 aliphatic carbocycles. The minimum Gasteiger partial charge on any atom is -0.439 e. The first-order valence-electron chi connectivity index (χ1n) is 4.99. The highest BCUT2D eigenvalue weighted by atomic mass is 16.5. The lowest BCUT2D eigenvalue weighted by Crippen LogP contribution is -1.93. The van der Waals surface area contributed by atoms with Crippen LogP contribution in [0.25, 0.3) is 0 Å². The molecule has 0 bridgehead atoms. The third-order valence-electron chi connectivity index (χ3n) is 2.21. The Balaban J connectivity index is 2.24. The van der Waals surface area contributed by atoms with E-state index in [1.54, 1.807) is 12.3 Å². The molecule has 1 aromatic heterocycles. The summed E-state index contributed by atoms with van der Waals surface area (Å²) >= 11 is 0. The van der Waals surface area contributed by atoms with Gasteiger partial charge in [0.2, 0.25) is 5.88 Å². The van der Waals surface area contributed by atoms with Crippen LogP contribution in [-0.2, 0) is 0 Å². The second-order valence-corrected chi connectivity index (χ2v) is 3.56. The summed E-state index contributed by atoms with van der Waals surface area (Å²) in [6, 6.07) is 7.24. The monoisotopic (exact) mass is 215 g/mol. The fraction of sp³-hybridized carbons (Fsp3) is 0.167. The first-order chi connectivity index (χ1) is 7.65. The van der Waals surface area contributed by atoms with Crippen molar-refractivity contribution in [3.8, 4) is 11.6 Å². The maximum absolute atomic E-state index is 5.73. The predicted octanol–water partition coefficient (Wildman–Crippen LogP) is 2.47. The van der Waals surface area contributed by atoms with Crippen LogP contribution in [0.5, 0.6) is 11.6 Å². The van der Waals surface area contributed by atoms with Gasteiger partial charge >= 0.3 is 0 Å². The van der Waals surface area contributed by atoms with E-state index in [-0.39, 0.29) is 0 Å². The predicted molar refractivity (Wildman–Crippen MR) is 62.4 cm³/mol. The molecule has 0 atom stereocenters. The zero-order valence-electron chi connectivity index (χ0n) is 9.27. The fourth-order valence-corrected chi connectivity index (χ4v) is 1.32. The lowest BCUT2D eigenvalue weighted by molar-refractivity contribution is 0.459. The second-order valence-electron chi connectivity index (χ2n) is 3.56. The Morgan fingerprint density at radius 1 is 1.19 bits per heavy atom. The van der Waals surface area contributed by atoms with Crippen LogP contribution in [0.15, 0.2) is 30.5 Å². The van der Waals surface area contributed by atoms with Gasteiger partial charge in [0.1, 0.15) is 11.6 Å². The van der Waals surface area contributed by atoms with Crippen LogP contribution in [0, 0.1) is 13.8 Å². The van der Waals surface area contributed by atoms with Crippen molar-refractivity contribution >= 4 is 5.69 Å². The minimum atomic E-state index is 0.539. The molecule has 0 fully saturated rings. The molecule has 0 saturated heterocycles. The first-order valence-corrected chi connectivity index (χ1v) is 4.99. The van der Waals surface area contributed by atoms with E-state index in [9.17, 15) is 0 Å². The molecular weight excluding hydrogens is 202 g/mol. The largest absolute Gasteiger partial charge is 0.439 e. The van der Waals surface area contributed by atoms with Crippen LogP contribution in [-0.4, -0.2) is 9.97 Å². The zero-order valence-corrected chi connectivity index (χ0v) is 9.27. The molecule has 82 valence electrons. The number of nitrogens with zero attached hydrogens (tertiary/aromatic N) is 2. The van der Waals surface area contributed by atoms with E-state index in [0.29, 0.717) is 11.7 Å². The van der Waals surface area contributed by atoms with Gasteiger partial charge in [0.05, 0.1) is 0 Å². The van der Waals surface area contributed by atoms with Crippen LogP contribution < -0.4 is 10.5 Å². The Morgan fingerprint density at radius 2 is 2.00 bits per heavy atom. The summed E-state index contributed by atoms with van der Waals surface area (Å²) in [5.41, 5.74) is 7.47. The number of aryl methyl sites for hydroxylation is 2. The Labute approximate surface area is 94.1 Å². The first kappa shape index (κ1) is 10.4. The number of nitrogen functional groups attached to an aromatic ring is 1. The van der Waals surface area contributed by atoms with Gasteiger partial charge < -0.3 is 10.5 Å². The maximum Gasteiger partial charge on any atom is 0.222 e. The van der Waals surface area contributed by atoms with Crippen molar-refractivity contribution in [3.63, 3.8) is 0 Å². The molecule has 0 spiro atoms. The van der Waals surface area contributed by atoms with Gasteiger partial charge in [-0.1, -0.05) is 0 Å². The van der Waals surface area contributed by atoms with Gasteiger partial charge in [0.25, 0.3) is 0 Å². The summed E-state index contributed by atoms with van der Waals surface area (Å²) in [5.74, 6) is 1.95. The second kappa shape index (κ2) is 4.18. The van der Waals surface area contributed by atoms with Crippen molar-refractivity contribution in [1.29, 1.82) is 0 Å². The number of hydrogen-bond acceptors (Lipinski definition) is 4. The van der Waals surface area contributed by atoms with E-state index in [0.717, 1.165) is 17.0 Å². The van der Waals surface area contributed by atoms with Crippen LogP contribution in [0.4, 0.5) is 5.69 Å². The maximum atomic E-state index is 5.73. The zero-order chi connectivity index (χ0) is 11.5. The van der Waals surface area contributed by atoms with Crippen LogP contribution in [0.2, 0.25) is 0 Å². The summed E-state index contributed by atoms with van der Waals surface area (Å²) in [6.07, 6.45) is 1.67. The van der Waals surface area contributed by atoms with E-state index >= 15 is 0 Å². The lowest BCUT2D eigenvalue weighted by Gasteiger charge is -2.06. The molecule has 0 saturated carbocycles. The topological polar surface area (TPSA) is 61.0 Å². The summed E-state index contributed by atoms with van der Waals surface area (Å²) < 4.78 is 5.59. The third kappa shape index (κ3) is 2.28. The fourth-order valence-electron chi connectivity index (χ4n) is 1.32. The van der Waals surface area contributed by atoms with Gasteiger partial charge in [0, 0.05) is 18.0 Å². The smallest absolute Gasteiger partial charge is 0.222 e. The summed E-state index contributed by atoms with van der Waals surface area (Å²) in [6.45, 7) is 3.76. The van der Waals surface area contributed by atoms with E-state index < -0.39 is 0 Å². The van der Waals surface area contributed by atoms with E-state index in [4.69, 9.17) is 10.5 Å². The Bertz CT molecular complexity index is 511. The van der Waals surface area contributed by atoms with Crippen molar-refractivity contribution in [2.45, 2.75) is 13.8 Å². The van der Waals surface area contributed by atoms with Gasteiger partial charge in [-0.25, -0.2) is 4.98 Å². The average Bonchev–Trinajstić information content (AvgIpc) is 2.24. The van der Waals surface area contributed by atoms with Crippen LogP contribution in [0.3, 0.4) is 0 Å².